The van der Waals surface area contributed by atoms with Crippen molar-refractivity contribution in [1.82, 2.24) is 0 Å². The van der Waals surface area contributed by atoms with Crippen LogP contribution < -0.4 is 5.73 Å². The first kappa shape index (κ1) is 8.27. The molecule has 0 saturated heterocycles. The third kappa shape index (κ3) is 1.80. The lowest BCUT2D eigenvalue weighted by molar-refractivity contribution is 0.151. The molecule has 0 aliphatic carbocycles. The molecule has 11 heavy (non-hydrogen) atoms. The summed E-state index contributed by atoms with van der Waals surface area (Å²) in [4.78, 5) is 0. The van der Waals surface area contributed by atoms with Gasteiger partial charge in [0.25, 0.3) is 6.43 Å². The number of anilines is 1. The first-order valence-electron chi connectivity index (χ1n) is 2.94. The van der Waals surface area contributed by atoms with E-state index in [9.17, 15) is 8.78 Å². The second-order valence-corrected chi connectivity index (χ2v) is 2.49. The van der Waals surface area contributed by atoms with Crippen molar-refractivity contribution in [2.75, 3.05) is 5.73 Å². The zero-order valence-corrected chi connectivity index (χ0v) is 6.28. The summed E-state index contributed by atoms with van der Waals surface area (Å²) in [6.07, 6.45) is -2.54. The summed E-state index contributed by atoms with van der Waals surface area (Å²) in [5.74, 6) is 0. The molecule has 0 fully saturated rings. The van der Waals surface area contributed by atoms with Crippen LogP contribution in [0, 0.1) is 0 Å². The molecule has 0 aliphatic heterocycles. The molecule has 1 rings (SSSR count). The van der Waals surface area contributed by atoms with Crippen molar-refractivity contribution in [3.63, 3.8) is 0 Å². The average Bonchev–Trinajstić information content (AvgIpc) is 1.85. The van der Waals surface area contributed by atoms with Crippen LogP contribution in [0.25, 0.3) is 0 Å². The molecule has 0 atom stereocenters. The Morgan fingerprint density at radius 2 is 2.00 bits per heavy atom. The van der Waals surface area contributed by atoms with Crippen molar-refractivity contribution in [3.05, 3.63) is 28.8 Å². The van der Waals surface area contributed by atoms with Gasteiger partial charge in [-0.1, -0.05) is 11.6 Å². The topological polar surface area (TPSA) is 26.0 Å². The summed E-state index contributed by atoms with van der Waals surface area (Å²) in [5, 5.41) is 0.0139. The molecule has 0 heterocycles. The second-order valence-electron chi connectivity index (χ2n) is 2.08. The summed E-state index contributed by atoms with van der Waals surface area (Å²) < 4.78 is 24.1. The maximum Gasteiger partial charge on any atom is 0.265 e. The SMILES string of the molecule is Nc1ccc(C(F)F)c(Cl)c1. The number of hydrogen-bond donors (Lipinski definition) is 1. The van der Waals surface area contributed by atoms with Crippen LogP contribution in [0.15, 0.2) is 18.2 Å². The minimum atomic E-state index is -2.54. The van der Waals surface area contributed by atoms with E-state index in [4.69, 9.17) is 17.3 Å². The Bertz CT molecular complexity index is 263. The Balaban J connectivity index is 3.09. The van der Waals surface area contributed by atoms with Gasteiger partial charge in [-0.05, 0) is 18.2 Å². The molecule has 0 spiro atoms. The predicted molar refractivity (Wildman–Crippen MR) is 40.8 cm³/mol. The molecule has 0 unspecified atom stereocenters. The van der Waals surface area contributed by atoms with Crippen LogP contribution in [0.4, 0.5) is 14.5 Å². The van der Waals surface area contributed by atoms with Crippen molar-refractivity contribution >= 4 is 17.3 Å². The number of rotatable bonds is 1. The lowest BCUT2D eigenvalue weighted by Crippen LogP contribution is -1.89. The molecule has 0 aromatic heterocycles. The van der Waals surface area contributed by atoms with Gasteiger partial charge >= 0.3 is 0 Å². The Morgan fingerprint density at radius 1 is 1.36 bits per heavy atom. The van der Waals surface area contributed by atoms with Crippen molar-refractivity contribution in [1.29, 1.82) is 0 Å². The lowest BCUT2D eigenvalue weighted by Gasteiger charge is -2.02. The second kappa shape index (κ2) is 3.05. The van der Waals surface area contributed by atoms with Gasteiger partial charge in [0.2, 0.25) is 0 Å². The molecule has 0 radical (unpaired) electrons. The normalized spacial score (nSPS) is 10.5. The summed E-state index contributed by atoms with van der Waals surface area (Å²) >= 11 is 5.46. The Labute approximate surface area is 67.8 Å². The van der Waals surface area contributed by atoms with E-state index in [-0.39, 0.29) is 10.6 Å². The molecule has 1 aromatic carbocycles. The number of hydrogen-bond acceptors (Lipinski definition) is 1. The highest BCUT2D eigenvalue weighted by molar-refractivity contribution is 6.31. The van der Waals surface area contributed by atoms with Crippen LogP contribution >= 0.6 is 11.6 Å². The van der Waals surface area contributed by atoms with E-state index in [2.05, 4.69) is 0 Å². The fourth-order valence-electron chi connectivity index (χ4n) is 0.720. The lowest BCUT2D eigenvalue weighted by atomic mass is 10.2. The third-order valence-electron chi connectivity index (χ3n) is 1.26. The first-order chi connectivity index (χ1) is 5.11. The molecule has 1 nitrogen and oxygen atoms in total. The minimum absolute atomic E-state index is 0.0139. The maximum atomic E-state index is 12.0. The summed E-state index contributed by atoms with van der Waals surface area (Å²) in [6.45, 7) is 0. The first-order valence-corrected chi connectivity index (χ1v) is 3.32. The molecule has 4 heteroatoms. The Hall–Kier alpha value is -0.830. The van der Waals surface area contributed by atoms with Gasteiger partial charge in [0, 0.05) is 11.3 Å². The maximum absolute atomic E-state index is 12.0. The van der Waals surface area contributed by atoms with Gasteiger partial charge in [-0.15, -0.1) is 0 Å². The van der Waals surface area contributed by atoms with E-state index in [1.54, 1.807) is 0 Å². The van der Waals surface area contributed by atoms with Crippen LogP contribution in [-0.4, -0.2) is 0 Å². The van der Waals surface area contributed by atoms with E-state index in [0.717, 1.165) is 0 Å². The number of benzene rings is 1. The summed E-state index contributed by atoms with van der Waals surface area (Å²) in [7, 11) is 0. The Morgan fingerprint density at radius 3 is 2.45 bits per heavy atom. The van der Waals surface area contributed by atoms with E-state index in [0.29, 0.717) is 5.69 Å². The molecule has 60 valence electrons. The van der Waals surface area contributed by atoms with Gasteiger partial charge in [-0.25, -0.2) is 8.78 Å². The largest absolute Gasteiger partial charge is 0.399 e. The number of halogens is 3. The molecular formula is C7H6ClF2N. The van der Waals surface area contributed by atoms with E-state index < -0.39 is 6.43 Å². The van der Waals surface area contributed by atoms with E-state index >= 15 is 0 Å². The zero-order chi connectivity index (χ0) is 8.43. The monoisotopic (exact) mass is 177 g/mol. The van der Waals surface area contributed by atoms with Gasteiger partial charge in [-0.2, -0.15) is 0 Å². The van der Waals surface area contributed by atoms with Crippen molar-refractivity contribution in [3.8, 4) is 0 Å². The quantitative estimate of drug-likeness (QED) is 0.656. The van der Waals surface area contributed by atoms with Crippen LogP contribution in [0.1, 0.15) is 12.0 Å². The number of nitrogens with two attached hydrogens (primary N) is 1. The molecule has 1 aromatic rings. The highest BCUT2D eigenvalue weighted by atomic mass is 35.5. The van der Waals surface area contributed by atoms with Gasteiger partial charge in [0.1, 0.15) is 0 Å². The van der Waals surface area contributed by atoms with Crippen LogP contribution in [0.2, 0.25) is 5.02 Å². The van der Waals surface area contributed by atoms with E-state index in [1.807, 2.05) is 0 Å². The van der Waals surface area contributed by atoms with E-state index in [1.165, 1.54) is 18.2 Å². The molecule has 0 amide bonds. The molecule has 2 N–H and O–H groups in total. The molecule has 0 saturated carbocycles. The predicted octanol–water partition coefficient (Wildman–Crippen LogP) is 2.86. The number of alkyl halides is 2. The van der Waals surface area contributed by atoms with Crippen LogP contribution in [-0.2, 0) is 0 Å². The molecule has 0 bridgehead atoms. The smallest absolute Gasteiger partial charge is 0.265 e. The zero-order valence-electron chi connectivity index (χ0n) is 5.52. The summed E-state index contributed by atoms with van der Waals surface area (Å²) in [6, 6.07) is 3.93. The number of nitrogen functional groups attached to an aromatic ring is 1. The minimum Gasteiger partial charge on any atom is -0.399 e. The van der Waals surface area contributed by atoms with Crippen LogP contribution in [0.3, 0.4) is 0 Å². The van der Waals surface area contributed by atoms with Gasteiger partial charge in [-0.3, -0.25) is 0 Å². The fourth-order valence-corrected chi connectivity index (χ4v) is 0.992. The van der Waals surface area contributed by atoms with Gasteiger partial charge < -0.3 is 5.73 Å². The van der Waals surface area contributed by atoms with Crippen molar-refractivity contribution in [2.24, 2.45) is 0 Å². The Kier molecular flexibility index (Phi) is 2.29. The highest BCUT2D eigenvalue weighted by Crippen LogP contribution is 2.27. The molecule has 0 aliphatic rings. The van der Waals surface area contributed by atoms with Crippen molar-refractivity contribution in [2.45, 2.75) is 6.43 Å². The van der Waals surface area contributed by atoms with Gasteiger partial charge in [0.15, 0.2) is 0 Å². The van der Waals surface area contributed by atoms with Gasteiger partial charge in [0.05, 0.1) is 5.02 Å². The summed E-state index contributed by atoms with van der Waals surface area (Å²) in [5.41, 5.74) is 5.51. The fraction of sp³-hybridized carbons (Fsp3) is 0.143. The molecular weight excluding hydrogens is 172 g/mol. The highest BCUT2D eigenvalue weighted by Gasteiger charge is 2.10. The van der Waals surface area contributed by atoms with Crippen LogP contribution in [0.5, 0.6) is 0 Å². The standard InChI is InChI=1S/C7H6ClF2N/c8-6-3-4(11)1-2-5(6)7(9)10/h1-3,7H,11H2. The third-order valence-corrected chi connectivity index (χ3v) is 1.59. The van der Waals surface area contributed by atoms with Crippen molar-refractivity contribution < 1.29 is 8.78 Å². The average molecular weight is 178 g/mol.